The first-order valence-electron chi connectivity index (χ1n) is 11.7. The van der Waals surface area contributed by atoms with E-state index in [9.17, 15) is 14.4 Å². The minimum Gasteiger partial charge on any atom is -0.345 e. The second-order valence-electron chi connectivity index (χ2n) is 9.05. The second-order valence-corrected chi connectivity index (χ2v) is 9.05. The van der Waals surface area contributed by atoms with Crippen LogP contribution in [0.2, 0.25) is 0 Å². The maximum atomic E-state index is 12.7. The number of hydrogen-bond donors (Lipinski definition) is 2. The fraction of sp³-hybridized carbons (Fsp3) is 0.462. The van der Waals surface area contributed by atoms with E-state index in [2.05, 4.69) is 34.7 Å². The Morgan fingerprint density at radius 3 is 2.70 bits per heavy atom. The lowest BCUT2D eigenvalue weighted by molar-refractivity contribution is -0.133. The van der Waals surface area contributed by atoms with Gasteiger partial charge < -0.3 is 15.5 Å². The molecule has 1 aromatic heterocycles. The predicted molar refractivity (Wildman–Crippen MR) is 130 cm³/mol. The highest BCUT2D eigenvalue weighted by molar-refractivity contribution is 6.05. The molecule has 1 fully saturated rings. The molecule has 0 spiro atoms. The van der Waals surface area contributed by atoms with Crippen molar-refractivity contribution in [3.8, 4) is 11.1 Å². The van der Waals surface area contributed by atoms with Crippen LogP contribution in [0.25, 0.3) is 11.1 Å². The smallest absolute Gasteiger partial charge is 0.238 e. The van der Waals surface area contributed by atoms with Crippen molar-refractivity contribution in [3.05, 3.63) is 47.8 Å². The number of amides is 2. The van der Waals surface area contributed by atoms with Crippen LogP contribution in [0.15, 0.2) is 36.5 Å². The van der Waals surface area contributed by atoms with Gasteiger partial charge in [-0.05, 0) is 36.0 Å². The van der Waals surface area contributed by atoms with E-state index in [1.807, 2.05) is 39.1 Å². The number of piperidine rings is 1. The Morgan fingerprint density at radius 1 is 1.21 bits per heavy atom. The van der Waals surface area contributed by atoms with Crippen molar-refractivity contribution in [2.45, 2.75) is 40.0 Å². The predicted octanol–water partition coefficient (Wildman–Crippen LogP) is 3.55. The zero-order valence-corrected chi connectivity index (χ0v) is 20.0. The molecule has 0 radical (unpaired) electrons. The maximum absolute atomic E-state index is 12.7. The van der Waals surface area contributed by atoms with Gasteiger partial charge in [0.1, 0.15) is 5.69 Å². The van der Waals surface area contributed by atoms with E-state index in [0.29, 0.717) is 31.1 Å². The van der Waals surface area contributed by atoms with Gasteiger partial charge in [-0.1, -0.05) is 45.0 Å². The molecule has 7 heteroatoms. The van der Waals surface area contributed by atoms with Crippen LogP contribution in [0.1, 0.15) is 49.7 Å². The van der Waals surface area contributed by atoms with Crippen LogP contribution < -0.4 is 10.6 Å². The highest BCUT2D eigenvalue weighted by atomic mass is 16.2. The molecule has 2 N–H and O–H groups in total. The van der Waals surface area contributed by atoms with Gasteiger partial charge in [-0.25, -0.2) is 0 Å². The first-order valence-corrected chi connectivity index (χ1v) is 11.7. The van der Waals surface area contributed by atoms with E-state index in [4.69, 9.17) is 0 Å². The number of pyridine rings is 1. The SMILES string of the molecule is CCc1cccc(-c2cnc(C(=O)C(C)C)c(NC(=O)CNC[C@@H]3CCC(=O)N(C)C3)c2)c1. The molecule has 2 heterocycles. The fourth-order valence-electron chi connectivity index (χ4n) is 4.01. The van der Waals surface area contributed by atoms with E-state index in [1.54, 1.807) is 11.1 Å². The summed E-state index contributed by atoms with van der Waals surface area (Å²) in [5, 5.41) is 6.08. The van der Waals surface area contributed by atoms with Crippen LogP contribution in [0.3, 0.4) is 0 Å². The van der Waals surface area contributed by atoms with E-state index < -0.39 is 0 Å². The second kappa shape index (κ2) is 11.2. The molecule has 2 aromatic rings. The number of anilines is 1. The number of carbonyl (C=O) groups excluding carboxylic acids is 3. The minimum absolute atomic E-state index is 0.109. The van der Waals surface area contributed by atoms with Gasteiger partial charge >= 0.3 is 0 Å². The quantitative estimate of drug-likeness (QED) is 0.570. The molecule has 7 nitrogen and oxygen atoms in total. The van der Waals surface area contributed by atoms with E-state index in [1.165, 1.54) is 5.56 Å². The third-order valence-corrected chi connectivity index (χ3v) is 6.03. The molecular formula is C26H34N4O3. The average molecular weight is 451 g/mol. The number of Topliss-reactive ketones (excluding diaryl/α,β-unsaturated/α-hetero) is 1. The Bertz CT molecular complexity index is 1020. The zero-order chi connectivity index (χ0) is 24.0. The van der Waals surface area contributed by atoms with Crippen molar-refractivity contribution < 1.29 is 14.4 Å². The van der Waals surface area contributed by atoms with Crippen molar-refractivity contribution in [1.29, 1.82) is 0 Å². The topological polar surface area (TPSA) is 91.4 Å². The lowest BCUT2D eigenvalue weighted by Gasteiger charge is -2.29. The van der Waals surface area contributed by atoms with Crippen LogP contribution in [0, 0.1) is 11.8 Å². The van der Waals surface area contributed by atoms with Crippen molar-refractivity contribution in [3.63, 3.8) is 0 Å². The van der Waals surface area contributed by atoms with Gasteiger partial charge in [0.2, 0.25) is 11.8 Å². The summed E-state index contributed by atoms with van der Waals surface area (Å²) in [5.74, 6) is -0.0690. The highest BCUT2D eigenvalue weighted by Gasteiger charge is 2.23. The van der Waals surface area contributed by atoms with Gasteiger partial charge in [0.25, 0.3) is 0 Å². The molecule has 176 valence electrons. The molecule has 1 aromatic carbocycles. The number of aromatic nitrogens is 1. The van der Waals surface area contributed by atoms with Crippen LogP contribution in [0.5, 0.6) is 0 Å². The molecule has 1 aliphatic heterocycles. The summed E-state index contributed by atoms with van der Waals surface area (Å²) in [6.45, 7) is 7.22. The molecule has 0 aliphatic carbocycles. The Labute approximate surface area is 196 Å². The number of likely N-dealkylation sites (tertiary alicyclic amines) is 1. The monoisotopic (exact) mass is 450 g/mol. The third-order valence-electron chi connectivity index (χ3n) is 6.03. The molecule has 0 saturated carbocycles. The highest BCUT2D eigenvalue weighted by Crippen LogP contribution is 2.26. The van der Waals surface area contributed by atoms with Gasteiger partial charge in [0.05, 0.1) is 12.2 Å². The summed E-state index contributed by atoms with van der Waals surface area (Å²) < 4.78 is 0. The van der Waals surface area contributed by atoms with Gasteiger partial charge in [-0.3, -0.25) is 19.4 Å². The molecule has 1 saturated heterocycles. The Kier molecular flexibility index (Phi) is 8.33. The van der Waals surface area contributed by atoms with Gasteiger partial charge in [0, 0.05) is 44.2 Å². The summed E-state index contributed by atoms with van der Waals surface area (Å²) in [7, 11) is 1.81. The van der Waals surface area contributed by atoms with E-state index in [-0.39, 0.29) is 35.8 Å². The summed E-state index contributed by atoms with van der Waals surface area (Å²) in [6, 6.07) is 10.00. The van der Waals surface area contributed by atoms with Crippen molar-refractivity contribution >= 4 is 23.3 Å². The van der Waals surface area contributed by atoms with Crippen LogP contribution in [0.4, 0.5) is 5.69 Å². The molecule has 33 heavy (non-hydrogen) atoms. The van der Waals surface area contributed by atoms with Crippen LogP contribution >= 0.6 is 0 Å². The van der Waals surface area contributed by atoms with Crippen LogP contribution in [-0.4, -0.2) is 54.2 Å². The normalized spacial score (nSPS) is 16.2. The summed E-state index contributed by atoms with van der Waals surface area (Å²) in [6.07, 6.45) is 3.99. The standard InChI is InChI=1S/C26H34N4O3/c1-5-18-7-6-8-20(11-18)21-12-22(25(28-14-21)26(33)17(2)3)29-23(31)15-27-13-19-9-10-24(32)30(4)16-19/h6-8,11-12,14,17,19,27H,5,9-10,13,15-16H2,1-4H3,(H,29,31)/t19-/m0/s1. The molecule has 2 amide bonds. The molecule has 1 aliphatic rings. The lowest BCUT2D eigenvalue weighted by atomic mass is 9.98. The van der Waals surface area contributed by atoms with Crippen LogP contribution in [-0.2, 0) is 16.0 Å². The number of carbonyl (C=O) groups is 3. The van der Waals surface area contributed by atoms with E-state index in [0.717, 1.165) is 24.0 Å². The number of benzene rings is 1. The number of nitrogens with zero attached hydrogens (tertiary/aromatic N) is 2. The molecule has 1 atom stereocenters. The number of ketones is 1. The fourth-order valence-corrected chi connectivity index (χ4v) is 4.01. The maximum Gasteiger partial charge on any atom is 0.238 e. The Morgan fingerprint density at radius 2 is 2.00 bits per heavy atom. The van der Waals surface area contributed by atoms with Gasteiger partial charge in [-0.15, -0.1) is 0 Å². The molecule has 0 unspecified atom stereocenters. The summed E-state index contributed by atoms with van der Waals surface area (Å²) in [4.78, 5) is 43.2. The summed E-state index contributed by atoms with van der Waals surface area (Å²) in [5.41, 5.74) is 3.77. The zero-order valence-electron chi connectivity index (χ0n) is 20.0. The first kappa shape index (κ1) is 24.6. The number of rotatable bonds is 9. The Balaban J connectivity index is 1.71. The van der Waals surface area contributed by atoms with E-state index >= 15 is 0 Å². The average Bonchev–Trinajstić information content (AvgIpc) is 2.81. The molecular weight excluding hydrogens is 416 g/mol. The summed E-state index contributed by atoms with van der Waals surface area (Å²) >= 11 is 0. The van der Waals surface area contributed by atoms with Crippen molar-refractivity contribution in [2.75, 3.05) is 32.0 Å². The van der Waals surface area contributed by atoms with Gasteiger partial charge in [0.15, 0.2) is 5.78 Å². The molecule has 3 rings (SSSR count). The third kappa shape index (κ3) is 6.48. The molecule has 0 bridgehead atoms. The minimum atomic E-state index is -0.230. The van der Waals surface area contributed by atoms with Gasteiger partial charge in [-0.2, -0.15) is 0 Å². The largest absolute Gasteiger partial charge is 0.345 e. The number of nitrogens with one attached hydrogen (secondary N) is 2. The lowest BCUT2D eigenvalue weighted by Crippen LogP contribution is -2.42. The number of hydrogen-bond acceptors (Lipinski definition) is 5. The Hall–Kier alpha value is -3.06. The van der Waals surface area contributed by atoms with Crippen molar-refractivity contribution in [2.24, 2.45) is 11.8 Å². The number of aryl methyl sites for hydroxylation is 1. The van der Waals surface area contributed by atoms with Crippen molar-refractivity contribution in [1.82, 2.24) is 15.2 Å². The first-order chi connectivity index (χ1) is 15.8.